The van der Waals surface area contributed by atoms with Crippen LogP contribution in [-0.4, -0.2) is 64.0 Å². The van der Waals surface area contributed by atoms with Gasteiger partial charge in [0.05, 0.1) is 18.2 Å². The highest BCUT2D eigenvalue weighted by Crippen LogP contribution is 2.22. The van der Waals surface area contributed by atoms with Crippen LogP contribution in [0, 0.1) is 0 Å². The highest BCUT2D eigenvalue weighted by molar-refractivity contribution is 7.09. The number of rotatable bonds is 4. The first kappa shape index (κ1) is 17.1. The van der Waals surface area contributed by atoms with Crippen LogP contribution in [-0.2, 0) is 6.54 Å². The Bertz CT molecular complexity index is 906. The fourth-order valence-electron chi connectivity index (χ4n) is 3.24. The Balaban J connectivity index is 1.59. The zero-order valence-corrected chi connectivity index (χ0v) is 15.7. The number of likely N-dealkylation sites (N-methyl/N-ethyl adjacent to an activating group) is 2. The Kier molecular flexibility index (Phi) is 4.71. The van der Waals surface area contributed by atoms with Crippen molar-refractivity contribution in [2.24, 2.45) is 0 Å². The zero-order valence-electron chi connectivity index (χ0n) is 14.9. The maximum Gasteiger partial charge on any atom is 0.253 e. The van der Waals surface area contributed by atoms with Crippen molar-refractivity contribution in [3.05, 3.63) is 52.1 Å². The molecule has 26 heavy (non-hydrogen) atoms. The molecule has 0 spiro atoms. The molecule has 1 saturated heterocycles. The molecule has 0 aliphatic carbocycles. The van der Waals surface area contributed by atoms with Crippen LogP contribution in [0.15, 0.2) is 35.8 Å². The molecule has 4 rings (SSSR count). The van der Waals surface area contributed by atoms with Crippen LogP contribution in [0.2, 0.25) is 0 Å². The summed E-state index contributed by atoms with van der Waals surface area (Å²) in [6.45, 7) is 3.46. The van der Waals surface area contributed by atoms with E-state index in [-0.39, 0.29) is 11.9 Å². The minimum absolute atomic E-state index is 0.0888. The summed E-state index contributed by atoms with van der Waals surface area (Å²) in [4.78, 5) is 18.3. The topological polar surface area (TPSA) is 65.8 Å². The molecular formula is C18H22N6OS. The second-order valence-corrected chi connectivity index (χ2v) is 7.76. The summed E-state index contributed by atoms with van der Waals surface area (Å²) in [5.41, 5.74) is 1.37. The number of carbonyl (C=O) groups is 1. The van der Waals surface area contributed by atoms with Gasteiger partial charge in [0.25, 0.3) is 5.91 Å². The number of piperazine rings is 1. The predicted octanol–water partition coefficient (Wildman–Crippen LogP) is 1.64. The van der Waals surface area contributed by atoms with Gasteiger partial charge in [-0.15, -0.1) is 21.5 Å². The number of hydrogen-bond acceptors (Lipinski definition) is 6. The summed E-state index contributed by atoms with van der Waals surface area (Å²) in [6.07, 6.45) is 1.84. The predicted molar refractivity (Wildman–Crippen MR) is 101 cm³/mol. The first-order chi connectivity index (χ1) is 12.6. The first-order valence-electron chi connectivity index (χ1n) is 8.66. The Morgan fingerprint density at radius 3 is 2.96 bits per heavy atom. The second kappa shape index (κ2) is 7.14. The molecule has 0 saturated carbocycles. The highest BCUT2D eigenvalue weighted by Gasteiger charge is 2.28. The van der Waals surface area contributed by atoms with Gasteiger partial charge in [-0.25, -0.2) is 0 Å². The Hall–Kier alpha value is -2.29. The van der Waals surface area contributed by atoms with Crippen molar-refractivity contribution in [3.8, 4) is 0 Å². The Labute approximate surface area is 156 Å². The number of carbonyl (C=O) groups excluding carboxylic acids is 1. The number of fused-ring (bicyclic) bond motifs is 1. The normalized spacial score (nSPS) is 19.1. The van der Waals surface area contributed by atoms with Crippen molar-refractivity contribution in [2.75, 3.05) is 33.7 Å². The van der Waals surface area contributed by atoms with Crippen molar-refractivity contribution < 1.29 is 4.79 Å². The van der Waals surface area contributed by atoms with Gasteiger partial charge >= 0.3 is 0 Å². The minimum atomic E-state index is -0.0888. The molecule has 8 heteroatoms. The van der Waals surface area contributed by atoms with E-state index in [0.29, 0.717) is 12.1 Å². The summed E-state index contributed by atoms with van der Waals surface area (Å²) in [5, 5.41) is 13.7. The van der Waals surface area contributed by atoms with E-state index in [4.69, 9.17) is 0 Å². The average molecular weight is 370 g/mol. The highest BCUT2D eigenvalue weighted by atomic mass is 32.1. The van der Waals surface area contributed by atoms with Crippen molar-refractivity contribution >= 4 is 22.9 Å². The molecule has 1 aliphatic heterocycles. The van der Waals surface area contributed by atoms with Crippen LogP contribution in [0.5, 0.6) is 0 Å². The van der Waals surface area contributed by atoms with Gasteiger partial charge < -0.3 is 10.2 Å². The molecule has 7 nitrogen and oxygen atoms in total. The lowest BCUT2D eigenvalue weighted by Crippen LogP contribution is -2.45. The third kappa shape index (κ3) is 3.35. The lowest BCUT2D eigenvalue weighted by atomic mass is 10.1. The van der Waals surface area contributed by atoms with E-state index in [9.17, 15) is 4.79 Å². The van der Waals surface area contributed by atoms with Crippen LogP contribution in [0.1, 0.15) is 27.1 Å². The smallest absolute Gasteiger partial charge is 0.253 e. The first-order valence-corrected chi connectivity index (χ1v) is 9.54. The Morgan fingerprint density at radius 2 is 2.15 bits per heavy atom. The van der Waals surface area contributed by atoms with Crippen LogP contribution >= 0.6 is 11.3 Å². The SMILES string of the molecule is CN1CCN(C)C(c2nnc3ccc(C(=O)NCc4cccs4)cn23)C1. The number of thiophene rings is 1. The minimum Gasteiger partial charge on any atom is -0.347 e. The van der Waals surface area contributed by atoms with Gasteiger partial charge in [-0.1, -0.05) is 6.07 Å². The largest absolute Gasteiger partial charge is 0.347 e. The fourth-order valence-corrected chi connectivity index (χ4v) is 3.89. The number of nitrogens with one attached hydrogen (secondary N) is 1. The molecule has 1 atom stereocenters. The van der Waals surface area contributed by atoms with Crippen molar-refractivity contribution in [2.45, 2.75) is 12.6 Å². The summed E-state index contributed by atoms with van der Waals surface area (Å²) in [5.74, 6) is 0.788. The third-order valence-electron chi connectivity index (χ3n) is 4.84. The maximum absolute atomic E-state index is 12.5. The number of hydrogen-bond donors (Lipinski definition) is 1. The molecule has 136 valence electrons. The van der Waals surface area contributed by atoms with E-state index in [0.717, 1.165) is 36.0 Å². The van der Waals surface area contributed by atoms with Crippen LogP contribution in [0.25, 0.3) is 5.65 Å². The number of aromatic nitrogens is 3. The average Bonchev–Trinajstić information content (AvgIpc) is 3.30. The molecule has 1 N–H and O–H groups in total. The van der Waals surface area contributed by atoms with Gasteiger partial charge in [-0.2, -0.15) is 0 Å². The molecule has 1 fully saturated rings. The molecule has 1 unspecified atom stereocenters. The van der Waals surface area contributed by atoms with Gasteiger partial charge in [0.2, 0.25) is 0 Å². The number of amides is 1. The molecule has 3 aromatic rings. The van der Waals surface area contributed by atoms with Crippen molar-refractivity contribution in [1.82, 2.24) is 29.7 Å². The van der Waals surface area contributed by atoms with Gasteiger partial charge in [-0.3, -0.25) is 14.1 Å². The summed E-state index contributed by atoms with van der Waals surface area (Å²) < 4.78 is 1.94. The lowest BCUT2D eigenvalue weighted by molar-refractivity contribution is 0.0950. The van der Waals surface area contributed by atoms with Crippen LogP contribution in [0.4, 0.5) is 0 Å². The molecule has 1 amide bonds. The fraction of sp³-hybridized carbons (Fsp3) is 0.389. The standard InChI is InChI=1S/C18H22N6OS/c1-22-7-8-23(2)15(12-22)17-21-20-16-6-5-13(11-24(16)17)18(25)19-10-14-4-3-9-26-14/h3-6,9,11,15H,7-8,10,12H2,1-2H3,(H,19,25). The van der Waals surface area contributed by atoms with E-state index < -0.39 is 0 Å². The molecule has 0 radical (unpaired) electrons. The van der Waals surface area contributed by atoms with E-state index in [2.05, 4.69) is 39.4 Å². The van der Waals surface area contributed by atoms with Crippen molar-refractivity contribution in [3.63, 3.8) is 0 Å². The number of nitrogens with zero attached hydrogens (tertiary/aromatic N) is 5. The van der Waals surface area contributed by atoms with Gasteiger partial charge in [-0.05, 0) is 37.7 Å². The molecule has 3 aromatic heterocycles. The lowest BCUT2D eigenvalue weighted by Gasteiger charge is -2.36. The molecule has 4 heterocycles. The number of pyridine rings is 1. The Morgan fingerprint density at radius 1 is 1.27 bits per heavy atom. The van der Waals surface area contributed by atoms with Gasteiger partial charge in [0.15, 0.2) is 11.5 Å². The maximum atomic E-state index is 12.5. The van der Waals surface area contributed by atoms with E-state index in [1.54, 1.807) is 17.4 Å². The molecular weight excluding hydrogens is 348 g/mol. The molecule has 0 aromatic carbocycles. The van der Waals surface area contributed by atoms with Crippen molar-refractivity contribution in [1.29, 1.82) is 0 Å². The third-order valence-corrected chi connectivity index (χ3v) is 5.72. The van der Waals surface area contributed by atoms with Crippen LogP contribution < -0.4 is 5.32 Å². The monoisotopic (exact) mass is 370 g/mol. The summed E-state index contributed by atoms with van der Waals surface area (Å²) in [7, 11) is 4.23. The van der Waals surface area contributed by atoms with E-state index >= 15 is 0 Å². The zero-order chi connectivity index (χ0) is 18.1. The van der Waals surface area contributed by atoms with Gasteiger partial charge in [0.1, 0.15) is 0 Å². The summed E-state index contributed by atoms with van der Waals surface area (Å²) in [6, 6.07) is 7.81. The quantitative estimate of drug-likeness (QED) is 0.756. The second-order valence-electron chi connectivity index (χ2n) is 6.72. The molecule has 0 bridgehead atoms. The molecule has 1 aliphatic rings. The van der Waals surface area contributed by atoms with E-state index in [1.807, 2.05) is 34.2 Å². The van der Waals surface area contributed by atoms with E-state index in [1.165, 1.54) is 0 Å². The van der Waals surface area contributed by atoms with Gasteiger partial charge in [0, 0.05) is 30.7 Å². The summed E-state index contributed by atoms with van der Waals surface area (Å²) >= 11 is 1.64. The van der Waals surface area contributed by atoms with Crippen LogP contribution in [0.3, 0.4) is 0 Å².